The van der Waals surface area contributed by atoms with Crippen LogP contribution in [0.4, 0.5) is 0 Å². The van der Waals surface area contributed by atoms with Crippen LogP contribution in [0.5, 0.6) is 5.75 Å². The van der Waals surface area contributed by atoms with E-state index < -0.39 is 5.97 Å². The van der Waals surface area contributed by atoms with Crippen LogP contribution in [0.2, 0.25) is 0 Å². The maximum atomic E-state index is 10.6. The number of hydrogen-bond acceptors (Lipinski definition) is 2. The quantitative estimate of drug-likeness (QED) is 0.926. The lowest BCUT2D eigenvalue weighted by molar-refractivity contribution is 0.0696. The molecule has 105 valence electrons. The third kappa shape index (κ3) is 5.03. The number of carboxylic acids is 1. The number of benzene rings is 2. The van der Waals surface area contributed by atoms with Crippen molar-refractivity contribution in [2.45, 2.75) is 6.61 Å². The van der Waals surface area contributed by atoms with Crippen molar-refractivity contribution in [1.29, 1.82) is 0 Å². The van der Waals surface area contributed by atoms with Crippen molar-refractivity contribution in [2.24, 2.45) is 0 Å². The third-order valence-corrected chi connectivity index (χ3v) is 3.07. The molecule has 20 heavy (non-hydrogen) atoms. The summed E-state index contributed by atoms with van der Waals surface area (Å²) in [6.07, 6.45) is 0. The zero-order chi connectivity index (χ0) is 15.0. The molecule has 0 spiro atoms. The molecule has 5 heteroatoms. The molecular weight excluding hydrogens is 324 g/mol. The zero-order valence-electron chi connectivity index (χ0n) is 10.9. The number of carbonyl (C=O) groups is 1. The van der Waals surface area contributed by atoms with Crippen molar-refractivity contribution in [1.82, 2.24) is 0 Å². The van der Waals surface area contributed by atoms with Crippen LogP contribution in [-0.4, -0.2) is 18.2 Å². The van der Waals surface area contributed by atoms with Gasteiger partial charge in [-0.15, -0.1) is 0 Å². The lowest BCUT2D eigenvalue weighted by atomic mass is 10.2. The zero-order valence-corrected chi connectivity index (χ0v) is 12.5. The minimum absolute atomic E-state index is 0.110. The number of carboxylic acid groups (broad SMARTS) is 1. The van der Waals surface area contributed by atoms with E-state index in [1.807, 2.05) is 30.3 Å². The molecule has 0 amide bonds. The Morgan fingerprint density at radius 3 is 2.25 bits per heavy atom. The monoisotopic (exact) mass is 337 g/mol. The minimum atomic E-state index is -0.954. The molecular formula is C15H14BrO4. The molecule has 0 heterocycles. The highest BCUT2D eigenvalue weighted by atomic mass is 79.9. The lowest BCUT2D eigenvalue weighted by Gasteiger charge is -2.02. The average molecular weight is 338 g/mol. The molecule has 2 aromatic rings. The van der Waals surface area contributed by atoms with Crippen LogP contribution in [0.3, 0.4) is 0 Å². The number of aromatic carboxylic acids is 1. The summed E-state index contributed by atoms with van der Waals surface area (Å²) in [5.41, 5.74) is 1.09. The van der Waals surface area contributed by atoms with Crippen molar-refractivity contribution in [3.63, 3.8) is 0 Å². The molecule has 0 saturated heterocycles. The molecule has 1 N–H and O–H groups in total. The Kier molecular flexibility index (Phi) is 6.76. The van der Waals surface area contributed by atoms with E-state index in [-0.39, 0.29) is 12.2 Å². The second-order valence-corrected chi connectivity index (χ2v) is 4.64. The van der Waals surface area contributed by atoms with Gasteiger partial charge in [0.2, 0.25) is 0 Å². The average Bonchev–Trinajstić information content (AvgIpc) is 2.48. The van der Waals surface area contributed by atoms with Gasteiger partial charge in [0.1, 0.15) is 12.4 Å². The van der Waals surface area contributed by atoms with Crippen molar-refractivity contribution in [3.05, 3.63) is 64.1 Å². The molecule has 0 aromatic heterocycles. The molecule has 0 saturated carbocycles. The third-order valence-electron chi connectivity index (χ3n) is 2.42. The van der Waals surface area contributed by atoms with Gasteiger partial charge in [0.05, 0.1) is 12.7 Å². The van der Waals surface area contributed by atoms with Crippen LogP contribution >= 0.6 is 15.9 Å². The molecule has 0 bridgehead atoms. The van der Waals surface area contributed by atoms with Crippen LogP contribution in [-0.2, 0) is 11.7 Å². The van der Waals surface area contributed by atoms with E-state index in [1.165, 1.54) is 13.2 Å². The summed E-state index contributed by atoms with van der Waals surface area (Å²) < 4.78 is 5.43. The van der Waals surface area contributed by atoms with Gasteiger partial charge in [0.15, 0.2) is 0 Å². The van der Waals surface area contributed by atoms with Crippen LogP contribution in [0.1, 0.15) is 15.9 Å². The maximum Gasteiger partial charge on any atom is 0.336 e. The highest BCUT2D eigenvalue weighted by molar-refractivity contribution is 9.10. The standard InChI is InChI=1S/C8H7BrO3.C7H7O/c1-12-5-2-3-6(8(10)11)7(9)4-5;8-6-7-4-2-1-3-5-7/h2-4H,1H3,(H,10,11);1-5H,6H2. The Morgan fingerprint density at radius 1 is 1.20 bits per heavy atom. The summed E-state index contributed by atoms with van der Waals surface area (Å²) >= 11 is 3.13. The molecule has 0 atom stereocenters. The number of halogens is 1. The second-order valence-electron chi connectivity index (χ2n) is 3.78. The molecule has 1 radical (unpaired) electrons. The molecule has 0 unspecified atom stereocenters. The molecule has 2 aromatic carbocycles. The summed E-state index contributed by atoms with van der Waals surface area (Å²) in [7, 11) is 1.53. The molecule has 4 nitrogen and oxygen atoms in total. The lowest BCUT2D eigenvalue weighted by Crippen LogP contribution is -1.97. The normalized spacial score (nSPS) is 9.35. The van der Waals surface area contributed by atoms with Crippen LogP contribution < -0.4 is 4.74 Å². The SMILES string of the molecule is COc1ccc(C(=O)O)c(Br)c1.[O]Cc1ccccc1. The predicted molar refractivity (Wildman–Crippen MR) is 78.5 cm³/mol. The van der Waals surface area contributed by atoms with Gasteiger partial charge in [-0.25, -0.2) is 9.90 Å². The maximum absolute atomic E-state index is 10.6. The second kappa shape index (κ2) is 8.35. The number of methoxy groups -OCH3 is 1. The van der Waals surface area contributed by atoms with Gasteiger partial charge < -0.3 is 9.84 Å². The van der Waals surface area contributed by atoms with Crippen LogP contribution in [0.25, 0.3) is 0 Å². The molecule has 0 aliphatic heterocycles. The summed E-state index contributed by atoms with van der Waals surface area (Å²) in [6, 6.07) is 14.0. The number of hydrogen-bond donors (Lipinski definition) is 1. The van der Waals surface area contributed by atoms with Gasteiger partial charge in [-0.05, 0) is 39.7 Å². The Morgan fingerprint density at radius 2 is 1.85 bits per heavy atom. The predicted octanol–water partition coefficient (Wildman–Crippen LogP) is 3.77. The van der Waals surface area contributed by atoms with E-state index in [4.69, 9.17) is 9.84 Å². The highest BCUT2D eigenvalue weighted by Gasteiger charge is 2.07. The van der Waals surface area contributed by atoms with E-state index in [0.717, 1.165) is 5.56 Å². The Labute approximate surface area is 125 Å². The van der Waals surface area contributed by atoms with E-state index >= 15 is 0 Å². The Bertz CT molecular complexity index is 555. The van der Waals surface area contributed by atoms with E-state index in [2.05, 4.69) is 15.9 Å². The highest BCUT2D eigenvalue weighted by Crippen LogP contribution is 2.22. The van der Waals surface area contributed by atoms with Crippen molar-refractivity contribution in [3.8, 4) is 5.75 Å². The van der Waals surface area contributed by atoms with Crippen LogP contribution in [0, 0.1) is 0 Å². The fourth-order valence-corrected chi connectivity index (χ4v) is 1.90. The first-order valence-corrected chi connectivity index (χ1v) is 6.56. The Hall–Kier alpha value is -1.85. The van der Waals surface area contributed by atoms with Gasteiger partial charge in [0, 0.05) is 4.47 Å². The number of ether oxygens (including phenoxy) is 1. The summed E-state index contributed by atoms with van der Waals surface area (Å²) in [5.74, 6) is -0.323. The van der Waals surface area contributed by atoms with E-state index in [1.54, 1.807) is 12.1 Å². The molecule has 0 fully saturated rings. The van der Waals surface area contributed by atoms with Crippen LogP contribution in [0.15, 0.2) is 53.0 Å². The topological polar surface area (TPSA) is 66.4 Å². The van der Waals surface area contributed by atoms with Crippen molar-refractivity contribution < 1.29 is 19.7 Å². The molecule has 0 aliphatic rings. The van der Waals surface area contributed by atoms with Gasteiger partial charge in [-0.1, -0.05) is 30.3 Å². The molecule has 0 aliphatic carbocycles. The summed E-state index contributed by atoms with van der Waals surface area (Å²) in [5, 5.41) is 18.8. The fraction of sp³-hybridized carbons (Fsp3) is 0.133. The first kappa shape index (κ1) is 16.2. The number of rotatable bonds is 3. The minimum Gasteiger partial charge on any atom is -0.497 e. The van der Waals surface area contributed by atoms with E-state index in [9.17, 15) is 9.90 Å². The van der Waals surface area contributed by atoms with Crippen molar-refractivity contribution in [2.75, 3.05) is 7.11 Å². The summed E-state index contributed by atoms with van der Waals surface area (Å²) in [6.45, 7) is -0.110. The van der Waals surface area contributed by atoms with Gasteiger partial charge in [-0.3, -0.25) is 0 Å². The molecule has 2 rings (SSSR count). The largest absolute Gasteiger partial charge is 0.497 e. The first-order valence-electron chi connectivity index (χ1n) is 5.77. The van der Waals surface area contributed by atoms with Gasteiger partial charge in [-0.2, -0.15) is 0 Å². The van der Waals surface area contributed by atoms with E-state index in [0.29, 0.717) is 10.2 Å². The van der Waals surface area contributed by atoms with Gasteiger partial charge >= 0.3 is 5.97 Å². The Balaban J connectivity index is 0.000000217. The fourth-order valence-electron chi connectivity index (χ4n) is 1.37. The summed E-state index contributed by atoms with van der Waals surface area (Å²) in [4.78, 5) is 10.6. The smallest absolute Gasteiger partial charge is 0.336 e. The van der Waals surface area contributed by atoms with Gasteiger partial charge in [0.25, 0.3) is 0 Å². The van der Waals surface area contributed by atoms with Crippen molar-refractivity contribution >= 4 is 21.9 Å². The first-order chi connectivity index (χ1) is 9.58.